The SMILES string of the molecule is CNCc1csc2c1CCC1(CCCC1)C2. The van der Waals surface area contributed by atoms with E-state index in [1.165, 1.54) is 44.9 Å². The highest BCUT2D eigenvalue weighted by Gasteiger charge is 2.37. The van der Waals surface area contributed by atoms with Gasteiger partial charge in [0.15, 0.2) is 0 Å². The standard InChI is InChI=1S/C14H21NS/c1-15-9-11-10-16-13-8-14(5-2-3-6-14)7-4-12(11)13/h10,15H,2-9H2,1H3. The van der Waals surface area contributed by atoms with Crippen LogP contribution in [0.2, 0.25) is 0 Å². The van der Waals surface area contributed by atoms with Gasteiger partial charge in [0.2, 0.25) is 0 Å². The molecule has 0 atom stereocenters. The molecule has 1 heterocycles. The number of hydrogen-bond donors (Lipinski definition) is 1. The summed E-state index contributed by atoms with van der Waals surface area (Å²) in [6.45, 7) is 1.05. The number of thiophene rings is 1. The second-order valence-corrected chi connectivity index (χ2v) is 6.54. The number of nitrogens with one attached hydrogen (secondary N) is 1. The van der Waals surface area contributed by atoms with Crippen LogP contribution in [-0.4, -0.2) is 7.05 Å². The van der Waals surface area contributed by atoms with Crippen molar-refractivity contribution < 1.29 is 0 Å². The minimum Gasteiger partial charge on any atom is -0.316 e. The van der Waals surface area contributed by atoms with E-state index >= 15 is 0 Å². The van der Waals surface area contributed by atoms with Crippen molar-refractivity contribution in [3.05, 3.63) is 21.4 Å². The van der Waals surface area contributed by atoms with Crippen molar-refractivity contribution in [2.45, 2.75) is 51.5 Å². The van der Waals surface area contributed by atoms with Gasteiger partial charge in [0.25, 0.3) is 0 Å². The van der Waals surface area contributed by atoms with Crippen LogP contribution in [0.25, 0.3) is 0 Å². The summed E-state index contributed by atoms with van der Waals surface area (Å²) in [5.41, 5.74) is 3.97. The second-order valence-electron chi connectivity index (χ2n) is 5.58. The van der Waals surface area contributed by atoms with E-state index in [1.807, 2.05) is 18.4 Å². The summed E-state index contributed by atoms with van der Waals surface area (Å²) in [6, 6.07) is 0. The summed E-state index contributed by atoms with van der Waals surface area (Å²) < 4.78 is 0. The molecule has 0 unspecified atom stereocenters. The molecule has 1 saturated carbocycles. The summed E-state index contributed by atoms with van der Waals surface area (Å²) in [6.07, 6.45) is 10.1. The molecule has 1 fully saturated rings. The normalized spacial score (nSPS) is 22.6. The van der Waals surface area contributed by atoms with E-state index in [0.29, 0.717) is 0 Å². The highest BCUT2D eigenvalue weighted by molar-refractivity contribution is 7.10. The maximum Gasteiger partial charge on any atom is 0.0213 e. The monoisotopic (exact) mass is 235 g/mol. The summed E-state index contributed by atoms with van der Waals surface area (Å²) in [7, 11) is 2.05. The minimum absolute atomic E-state index is 0.717. The largest absolute Gasteiger partial charge is 0.316 e. The predicted molar refractivity (Wildman–Crippen MR) is 70.0 cm³/mol. The van der Waals surface area contributed by atoms with E-state index in [9.17, 15) is 0 Å². The van der Waals surface area contributed by atoms with Crippen molar-refractivity contribution in [2.24, 2.45) is 5.41 Å². The van der Waals surface area contributed by atoms with Gasteiger partial charge in [-0.25, -0.2) is 0 Å². The molecular weight excluding hydrogens is 214 g/mol. The summed E-state index contributed by atoms with van der Waals surface area (Å²) in [5.74, 6) is 0. The number of hydrogen-bond acceptors (Lipinski definition) is 2. The van der Waals surface area contributed by atoms with Gasteiger partial charge in [-0.1, -0.05) is 12.8 Å². The zero-order valence-corrected chi connectivity index (χ0v) is 11.0. The van der Waals surface area contributed by atoms with E-state index in [4.69, 9.17) is 0 Å². The summed E-state index contributed by atoms with van der Waals surface area (Å²) >= 11 is 2.01. The van der Waals surface area contributed by atoms with Gasteiger partial charge in [0, 0.05) is 11.4 Å². The molecule has 1 N–H and O–H groups in total. The fourth-order valence-electron chi connectivity index (χ4n) is 3.62. The molecule has 1 spiro atoms. The molecule has 0 radical (unpaired) electrons. The van der Waals surface area contributed by atoms with Gasteiger partial charge in [-0.2, -0.15) is 0 Å². The Balaban J connectivity index is 1.84. The molecule has 0 aromatic carbocycles. The van der Waals surface area contributed by atoms with E-state index in [0.717, 1.165) is 12.0 Å². The van der Waals surface area contributed by atoms with E-state index in [2.05, 4.69) is 10.7 Å². The topological polar surface area (TPSA) is 12.0 Å². The lowest BCUT2D eigenvalue weighted by atomic mass is 9.72. The first-order valence-electron chi connectivity index (χ1n) is 6.56. The van der Waals surface area contributed by atoms with Crippen LogP contribution in [0.4, 0.5) is 0 Å². The molecule has 0 aliphatic heterocycles. The zero-order chi connectivity index (χ0) is 11.0. The van der Waals surface area contributed by atoms with E-state index in [-0.39, 0.29) is 0 Å². The van der Waals surface area contributed by atoms with Gasteiger partial charge in [-0.3, -0.25) is 0 Å². The summed E-state index contributed by atoms with van der Waals surface area (Å²) in [4.78, 5) is 1.71. The third-order valence-electron chi connectivity index (χ3n) is 4.54. The molecule has 0 bridgehead atoms. The Bertz CT molecular complexity index is 374. The molecule has 1 aromatic heterocycles. The molecule has 2 aliphatic carbocycles. The Kier molecular flexibility index (Phi) is 2.80. The van der Waals surface area contributed by atoms with Crippen molar-refractivity contribution >= 4 is 11.3 Å². The van der Waals surface area contributed by atoms with Crippen LogP contribution in [0, 0.1) is 5.41 Å². The van der Waals surface area contributed by atoms with Crippen LogP contribution in [0.15, 0.2) is 5.38 Å². The lowest BCUT2D eigenvalue weighted by molar-refractivity contribution is 0.257. The van der Waals surface area contributed by atoms with Crippen molar-refractivity contribution in [3.8, 4) is 0 Å². The maximum absolute atomic E-state index is 3.29. The van der Waals surface area contributed by atoms with Crippen molar-refractivity contribution in [1.29, 1.82) is 0 Å². The number of fused-ring (bicyclic) bond motifs is 1. The Morgan fingerprint density at radius 1 is 1.31 bits per heavy atom. The molecule has 2 heteroatoms. The third-order valence-corrected chi connectivity index (χ3v) is 5.62. The van der Waals surface area contributed by atoms with Crippen LogP contribution in [0.3, 0.4) is 0 Å². The molecule has 2 aliphatic rings. The Morgan fingerprint density at radius 3 is 2.88 bits per heavy atom. The van der Waals surface area contributed by atoms with Crippen LogP contribution in [-0.2, 0) is 19.4 Å². The Morgan fingerprint density at radius 2 is 2.12 bits per heavy atom. The van der Waals surface area contributed by atoms with Gasteiger partial charge in [-0.15, -0.1) is 11.3 Å². The average Bonchev–Trinajstić information content (AvgIpc) is 2.88. The number of rotatable bonds is 2. The molecule has 1 aromatic rings. The van der Waals surface area contributed by atoms with Crippen molar-refractivity contribution in [3.63, 3.8) is 0 Å². The second kappa shape index (κ2) is 4.15. The van der Waals surface area contributed by atoms with Gasteiger partial charge in [-0.05, 0) is 61.1 Å². The van der Waals surface area contributed by atoms with Crippen LogP contribution >= 0.6 is 11.3 Å². The summed E-state index contributed by atoms with van der Waals surface area (Å²) in [5, 5.41) is 5.67. The highest BCUT2D eigenvalue weighted by Crippen LogP contribution is 2.49. The molecular formula is C14H21NS. The first kappa shape index (κ1) is 10.8. The first-order valence-corrected chi connectivity index (χ1v) is 7.44. The fourth-order valence-corrected chi connectivity index (χ4v) is 4.90. The molecule has 0 amide bonds. The van der Waals surface area contributed by atoms with Crippen LogP contribution < -0.4 is 5.32 Å². The Labute approximate surface area is 102 Å². The third kappa shape index (κ3) is 1.72. The van der Waals surface area contributed by atoms with Crippen LogP contribution in [0.1, 0.15) is 48.1 Å². The molecule has 0 saturated heterocycles. The van der Waals surface area contributed by atoms with Gasteiger partial charge in [0.1, 0.15) is 0 Å². The van der Waals surface area contributed by atoms with Gasteiger partial charge < -0.3 is 5.32 Å². The molecule has 1 nitrogen and oxygen atoms in total. The fraction of sp³-hybridized carbons (Fsp3) is 0.714. The maximum atomic E-state index is 3.29. The van der Waals surface area contributed by atoms with Crippen molar-refractivity contribution in [2.75, 3.05) is 7.05 Å². The first-order chi connectivity index (χ1) is 7.83. The van der Waals surface area contributed by atoms with E-state index < -0.39 is 0 Å². The quantitative estimate of drug-likeness (QED) is 0.827. The zero-order valence-electron chi connectivity index (χ0n) is 10.1. The van der Waals surface area contributed by atoms with E-state index in [1.54, 1.807) is 16.0 Å². The predicted octanol–water partition coefficient (Wildman–Crippen LogP) is 3.52. The lowest BCUT2D eigenvalue weighted by Gasteiger charge is -2.33. The van der Waals surface area contributed by atoms with Gasteiger partial charge in [0.05, 0.1) is 0 Å². The smallest absolute Gasteiger partial charge is 0.0213 e. The average molecular weight is 235 g/mol. The Hall–Kier alpha value is -0.340. The minimum atomic E-state index is 0.717. The van der Waals surface area contributed by atoms with Gasteiger partial charge >= 0.3 is 0 Å². The lowest BCUT2D eigenvalue weighted by Crippen LogP contribution is -2.25. The van der Waals surface area contributed by atoms with Crippen LogP contribution in [0.5, 0.6) is 0 Å². The molecule has 3 rings (SSSR count). The molecule has 16 heavy (non-hydrogen) atoms. The van der Waals surface area contributed by atoms with Crippen molar-refractivity contribution in [1.82, 2.24) is 5.32 Å². The molecule has 88 valence electrons. The highest BCUT2D eigenvalue weighted by atomic mass is 32.1.